The Morgan fingerprint density at radius 3 is 2.56 bits per heavy atom. The van der Waals surface area contributed by atoms with Gasteiger partial charge >= 0.3 is 5.92 Å². The van der Waals surface area contributed by atoms with E-state index in [1.54, 1.807) is 6.92 Å². The third-order valence-electron chi connectivity index (χ3n) is 5.34. The van der Waals surface area contributed by atoms with E-state index in [-0.39, 0.29) is 28.4 Å². The molecule has 186 valence electrons. The molecule has 0 amide bonds. The van der Waals surface area contributed by atoms with Gasteiger partial charge in [0.05, 0.1) is 30.1 Å². The van der Waals surface area contributed by atoms with E-state index in [0.717, 1.165) is 17.8 Å². The van der Waals surface area contributed by atoms with Crippen molar-refractivity contribution >= 4 is 17.4 Å². The number of benzene rings is 1. The van der Waals surface area contributed by atoms with Gasteiger partial charge in [-0.2, -0.15) is 14.0 Å². The number of hydrogen-bond donors (Lipinski definition) is 1. The Morgan fingerprint density at radius 1 is 1.28 bits per heavy atom. The van der Waals surface area contributed by atoms with Gasteiger partial charge in [-0.05, 0) is 55.7 Å². The standard InChI is InChI=1S/C25H21ClF2N4O4/c1-5-20-16(8-19(14(4)33)23(34)31-20)11-32-12-30-22(25(27,28)13(2)3)21(24(32)35)36-18-7-15(10-29)6-17(26)9-18/h6-9,12H,2,5,11H2,1,3-4H3,(H,31,34). The maximum absolute atomic E-state index is 15.0. The van der Waals surface area contributed by atoms with Crippen LogP contribution < -0.4 is 15.9 Å². The van der Waals surface area contributed by atoms with Crippen molar-refractivity contribution in [2.24, 2.45) is 0 Å². The highest BCUT2D eigenvalue weighted by Gasteiger charge is 2.39. The van der Waals surface area contributed by atoms with Crippen molar-refractivity contribution in [3.05, 3.63) is 96.6 Å². The highest BCUT2D eigenvalue weighted by atomic mass is 35.5. The summed E-state index contributed by atoms with van der Waals surface area (Å²) in [4.78, 5) is 43.8. The van der Waals surface area contributed by atoms with Gasteiger partial charge in [0.25, 0.3) is 11.1 Å². The van der Waals surface area contributed by atoms with Crippen LogP contribution in [-0.4, -0.2) is 20.3 Å². The second kappa shape index (κ2) is 10.3. The molecular weight excluding hydrogens is 494 g/mol. The summed E-state index contributed by atoms with van der Waals surface area (Å²) >= 11 is 5.99. The van der Waals surface area contributed by atoms with Gasteiger partial charge in [0.15, 0.2) is 11.5 Å². The average Bonchev–Trinajstić information content (AvgIpc) is 2.81. The normalized spacial score (nSPS) is 11.1. The number of Topliss-reactive ketones (excluding diaryl/α,β-unsaturated/α-hetero) is 1. The van der Waals surface area contributed by atoms with Crippen LogP contribution in [0.5, 0.6) is 11.5 Å². The molecule has 0 aliphatic heterocycles. The lowest BCUT2D eigenvalue weighted by molar-refractivity contribution is 0.0308. The Labute approximate surface area is 209 Å². The summed E-state index contributed by atoms with van der Waals surface area (Å²) in [6.45, 7) is 7.17. The van der Waals surface area contributed by atoms with Gasteiger partial charge in [-0.25, -0.2) is 4.98 Å². The molecule has 3 aromatic rings. The molecule has 0 fully saturated rings. The molecule has 2 aromatic heterocycles. The SMILES string of the molecule is C=C(C)C(F)(F)c1ncn(Cc2cc(C(C)=O)c(=O)[nH]c2CC)c(=O)c1Oc1cc(Cl)cc(C#N)c1. The molecule has 3 rings (SSSR count). The summed E-state index contributed by atoms with van der Waals surface area (Å²) in [7, 11) is 0. The number of rotatable bonds is 8. The lowest BCUT2D eigenvalue weighted by Gasteiger charge is -2.20. The second-order valence-corrected chi connectivity index (χ2v) is 8.46. The number of H-pyrrole nitrogens is 1. The number of allylic oxidation sites excluding steroid dienone is 1. The number of nitriles is 1. The molecule has 0 saturated carbocycles. The summed E-state index contributed by atoms with van der Waals surface area (Å²) in [5.41, 5.74) is -2.19. The van der Waals surface area contributed by atoms with E-state index in [9.17, 15) is 28.4 Å². The number of halogens is 3. The van der Waals surface area contributed by atoms with E-state index in [2.05, 4.69) is 16.5 Å². The van der Waals surface area contributed by atoms with E-state index in [1.807, 2.05) is 6.07 Å². The summed E-state index contributed by atoms with van der Waals surface area (Å²) < 4.78 is 36.5. The van der Waals surface area contributed by atoms with Crippen molar-refractivity contribution in [2.45, 2.75) is 39.7 Å². The van der Waals surface area contributed by atoms with Crippen LogP contribution in [-0.2, 0) is 18.9 Å². The van der Waals surface area contributed by atoms with E-state index in [4.69, 9.17) is 16.3 Å². The monoisotopic (exact) mass is 514 g/mol. The molecule has 8 nitrogen and oxygen atoms in total. The molecule has 0 bridgehead atoms. The number of hydrogen-bond acceptors (Lipinski definition) is 6. The average molecular weight is 515 g/mol. The van der Waals surface area contributed by atoms with Gasteiger partial charge in [-0.1, -0.05) is 25.1 Å². The van der Waals surface area contributed by atoms with Crippen LogP contribution >= 0.6 is 11.6 Å². The maximum Gasteiger partial charge on any atom is 0.314 e. The maximum atomic E-state index is 15.0. The van der Waals surface area contributed by atoms with E-state index < -0.39 is 39.8 Å². The van der Waals surface area contributed by atoms with Gasteiger partial charge in [0.2, 0.25) is 5.75 Å². The lowest BCUT2D eigenvalue weighted by atomic mass is 10.1. The number of ketones is 1. The van der Waals surface area contributed by atoms with Crippen molar-refractivity contribution in [1.82, 2.24) is 14.5 Å². The minimum Gasteiger partial charge on any atom is -0.449 e. The van der Waals surface area contributed by atoms with Gasteiger partial charge in [-0.15, -0.1) is 0 Å². The van der Waals surface area contributed by atoms with Crippen molar-refractivity contribution in [1.29, 1.82) is 5.26 Å². The number of aryl methyl sites for hydroxylation is 1. The third kappa shape index (κ3) is 5.26. The quantitative estimate of drug-likeness (QED) is 0.343. The number of pyridine rings is 1. The number of ether oxygens (including phenoxy) is 1. The zero-order chi connectivity index (χ0) is 26.8. The molecule has 11 heteroatoms. The fourth-order valence-corrected chi connectivity index (χ4v) is 3.64. The van der Waals surface area contributed by atoms with Crippen molar-refractivity contribution in [2.75, 3.05) is 0 Å². The van der Waals surface area contributed by atoms with Gasteiger partial charge < -0.3 is 9.72 Å². The first kappa shape index (κ1) is 26.5. The number of alkyl halides is 2. The predicted octanol–water partition coefficient (Wildman–Crippen LogP) is 4.73. The first-order valence-electron chi connectivity index (χ1n) is 10.7. The third-order valence-corrected chi connectivity index (χ3v) is 5.56. The van der Waals surface area contributed by atoms with Gasteiger partial charge in [0, 0.05) is 10.7 Å². The summed E-state index contributed by atoms with van der Waals surface area (Å²) in [6.07, 6.45) is 1.30. The Bertz CT molecular complexity index is 1540. The zero-order valence-corrected chi connectivity index (χ0v) is 20.4. The van der Waals surface area contributed by atoms with Crippen molar-refractivity contribution < 1.29 is 18.3 Å². The fraction of sp³-hybridized carbons (Fsp3) is 0.240. The molecule has 2 heterocycles. The molecule has 0 unspecified atom stereocenters. The Kier molecular flexibility index (Phi) is 7.55. The minimum absolute atomic E-state index is 0.0903. The van der Waals surface area contributed by atoms with Crippen molar-refractivity contribution in [3.63, 3.8) is 0 Å². The number of aromatic nitrogens is 3. The smallest absolute Gasteiger partial charge is 0.314 e. The number of carbonyl (C=O) groups excluding carboxylic acids is 1. The number of carbonyl (C=O) groups is 1. The number of aromatic amines is 1. The molecule has 0 aliphatic rings. The molecule has 36 heavy (non-hydrogen) atoms. The number of nitrogens with zero attached hydrogens (tertiary/aromatic N) is 3. The topological polar surface area (TPSA) is 118 Å². The first-order chi connectivity index (χ1) is 16.9. The molecule has 1 aromatic carbocycles. The van der Waals surface area contributed by atoms with E-state index in [0.29, 0.717) is 17.7 Å². The lowest BCUT2D eigenvalue weighted by Crippen LogP contribution is -2.29. The van der Waals surface area contributed by atoms with Crippen LogP contribution in [0.3, 0.4) is 0 Å². The van der Waals surface area contributed by atoms with Gasteiger partial charge in [0.1, 0.15) is 5.75 Å². The Balaban J connectivity index is 2.21. The molecule has 0 spiro atoms. The van der Waals surface area contributed by atoms with Gasteiger partial charge in [-0.3, -0.25) is 19.0 Å². The van der Waals surface area contributed by atoms with Crippen LogP contribution in [0, 0.1) is 11.3 Å². The van der Waals surface area contributed by atoms with Crippen molar-refractivity contribution in [3.8, 4) is 17.6 Å². The number of nitrogens with one attached hydrogen (secondary N) is 1. The van der Waals surface area contributed by atoms with Crippen LogP contribution in [0.4, 0.5) is 8.78 Å². The van der Waals surface area contributed by atoms with Crippen LogP contribution in [0.25, 0.3) is 0 Å². The predicted molar refractivity (Wildman–Crippen MR) is 129 cm³/mol. The Morgan fingerprint density at radius 2 is 1.97 bits per heavy atom. The Hall–Kier alpha value is -4.10. The van der Waals surface area contributed by atoms with E-state index >= 15 is 0 Å². The fourth-order valence-electron chi connectivity index (χ4n) is 3.42. The summed E-state index contributed by atoms with van der Waals surface area (Å²) in [6, 6.07) is 7.07. The molecule has 1 N–H and O–H groups in total. The zero-order valence-electron chi connectivity index (χ0n) is 19.6. The highest BCUT2D eigenvalue weighted by Crippen LogP contribution is 2.38. The first-order valence-corrected chi connectivity index (χ1v) is 11.0. The molecule has 0 saturated heterocycles. The van der Waals surface area contributed by atoms with Crippen LogP contribution in [0.2, 0.25) is 5.02 Å². The molecule has 0 atom stereocenters. The largest absolute Gasteiger partial charge is 0.449 e. The highest BCUT2D eigenvalue weighted by molar-refractivity contribution is 6.30. The second-order valence-electron chi connectivity index (χ2n) is 8.03. The van der Waals surface area contributed by atoms with E-state index in [1.165, 1.54) is 31.2 Å². The summed E-state index contributed by atoms with van der Waals surface area (Å²) in [5, 5.41) is 9.28. The minimum atomic E-state index is -3.71. The van der Waals surface area contributed by atoms with Crippen LogP contribution in [0.15, 0.2) is 52.3 Å². The molecule has 0 radical (unpaired) electrons. The molecule has 0 aliphatic carbocycles. The summed E-state index contributed by atoms with van der Waals surface area (Å²) in [5.74, 6) is -5.09. The molecular formula is C25H21ClF2N4O4. The van der Waals surface area contributed by atoms with Crippen LogP contribution in [0.1, 0.15) is 53.6 Å².